The Bertz CT molecular complexity index is 1130. The number of benzene rings is 3. The number of para-hydroxylation sites is 1. The number of hydrogen-bond donors (Lipinski definition) is 1. The van der Waals surface area contributed by atoms with E-state index in [-0.39, 0.29) is 12.2 Å². The Morgan fingerprint density at radius 2 is 1.61 bits per heavy atom. The number of anilines is 1. The molecule has 1 amide bonds. The van der Waals surface area contributed by atoms with Crippen LogP contribution in [0.1, 0.15) is 58.8 Å². The van der Waals surface area contributed by atoms with Gasteiger partial charge in [-0.25, -0.2) is 0 Å². The topological polar surface area (TPSA) is 57.6 Å². The fourth-order valence-electron chi connectivity index (χ4n) is 4.18. The molecule has 0 aliphatic carbocycles. The van der Waals surface area contributed by atoms with Crippen LogP contribution < -0.4 is 4.90 Å². The minimum Gasteiger partial charge on any atom is -0.375 e. The number of Topliss-reactive ketones (excluding diaryl/α,β-unsaturated/α-hetero) is 1. The predicted octanol–water partition coefficient (Wildman–Crippen LogP) is 5.13. The van der Waals surface area contributed by atoms with E-state index in [1.807, 2.05) is 55.5 Å². The van der Waals surface area contributed by atoms with Gasteiger partial charge >= 0.3 is 0 Å². The van der Waals surface area contributed by atoms with E-state index in [4.69, 9.17) is 0 Å². The average Bonchev–Trinajstić information content (AvgIpc) is 2.97. The molecular weight excluding hydrogens is 386 g/mol. The Hall–Kier alpha value is -3.24. The van der Waals surface area contributed by atoms with Gasteiger partial charge in [0.05, 0.1) is 18.7 Å². The van der Waals surface area contributed by atoms with Gasteiger partial charge in [-0.05, 0) is 35.6 Å². The van der Waals surface area contributed by atoms with Crippen molar-refractivity contribution in [3.63, 3.8) is 0 Å². The standard InChI is InChI=1S/C27H27NO3/c1-18(2)20-12-14-21(15-13-20)25(29)16-27(31)23-10-6-7-11-24(23)28(26(27)30)17-22-9-5-4-8-19(22)3/h4-15,18,31H,16-17H2,1-3H3. The lowest BCUT2D eigenvalue weighted by Crippen LogP contribution is -2.41. The third-order valence-corrected chi connectivity index (χ3v) is 6.14. The van der Waals surface area contributed by atoms with Crippen LogP contribution in [0.2, 0.25) is 0 Å². The lowest BCUT2D eigenvalue weighted by molar-refractivity contribution is -0.136. The van der Waals surface area contributed by atoms with Crippen molar-refractivity contribution in [3.8, 4) is 0 Å². The molecule has 31 heavy (non-hydrogen) atoms. The molecule has 0 spiro atoms. The fourth-order valence-corrected chi connectivity index (χ4v) is 4.18. The molecule has 0 fully saturated rings. The van der Waals surface area contributed by atoms with Crippen molar-refractivity contribution >= 4 is 17.4 Å². The molecule has 1 unspecified atom stereocenters. The van der Waals surface area contributed by atoms with Gasteiger partial charge in [0.1, 0.15) is 0 Å². The van der Waals surface area contributed by atoms with Crippen molar-refractivity contribution < 1.29 is 14.7 Å². The molecule has 0 bridgehead atoms. The van der Waals surface area contributed by atoms with E-state index in [9.17, 15) is 14.7 Å². The molecular formula is C27H27NO3. The van der Waals surface area contributed by atoms with Gasteiger partial charge in [0.25, 0.3) is 5.91 Å². The zero-order chi connectivity index (χ0) is 22.2. The molecule has 1 heterocycles. The first kappa shape index (κ1) is 21.0. The van der Waals surface area contributed by atoms with E-state index < -0.39 is 11.5 Å². The molecule has 1 atom stereocenters. The van der Waals surface area contributed by atoms with Gasteiger partial charge in [0, 0.05) is 11.1 Å². The van der Waals surface area contributed by atoms with Gasteiger partial charge < -0.3 is 10.0 Å². The van der Waals surface area contributed by atoms with Crippen molar-refractivity contribution in [2.24, 2.45) is 0 Å². The third-order valence-electron chi connectivity index (χ3n) is 6.14. The maximum atomic E-state index is 13.4. The number of hydrogen-bond acceptors (Lipinski definition) is 3. The SMILES string of the molecule is Cc1ccccc1CN1C(=O)C(O)(CC(=O)c2ccc(C(C)C)cc2)c2ccccc21. The summed E-state index contributed by atoms with van der Waals surface area (Å²) in [6, 6.07) is 22.5. The normalized spacial score (nSPS) is 17.8. The van der Waals surface area contributed by atoms with Gasteiger partial charge in [-0.15, -0.1) is 0 Å². The van der Waals surface area contributed by atoms with Gasteiger partial charge in [0.2, 0.25) is 0 Å². The summed E-state index contributed by atoms with van der Waals surface area (Å²) in [6.45, 7) is 6.54. The summed E-state index contributed by atoms with van der Waals surface area (Å²) in [6.07, 6.45) is -0.284. The molecule has 1 aliphatic rings. The molecule has 3 aromatic carbocycles. The first-order valence-electron chi connectivity index (χ1n) is 10.6. The Labute approximate surface area is 183 Å². The monoisotopic (exact) mass is 413 g/mol. The van der Waals surface area contributed by atoms with Crippen LogP contribution in [0.15, 0.2) is 72.8 Å². The molecule has 0 aromatic heterocycles. The van der Waals surface area contributed by atoms with Crippen LogP contribution in [0.25, 0.3) is 0 Å². The second kappa shape index (κ2) is 8.12. The quantitative estimate of drug-likeness (QED) is 0.570. The highest BCUT2D eigenvalue weighted by Crippen LogP contribution is 2.43. The molecule has 1 N–H and O–H groups in total. The molecule has 4 heteroatoms. The maximum Gasteiger partial charge on any atom is 0.264 e. The number of aryl methyl sites for hydroxylation is 1. The van der Waals surface area contributed by atoms with Crippen molar-refractivity contribution in [2.75, 3.05) is 4.90 Å². The lowest BCUT2D eigenvalue weighted by atomic mass is 9.87. The molecule has 1 aliphatic heterocycles. The minimum atomic E-state index is -1.87. The number of carbonyl (C=O) groups excluding carboxylic acids is 2. The summed E-state index contributed by atoms with van der Waals surface area (Å²) in [7, 11) is 0. The molecule has 3 aromatic rings. The number of amides is 1. The van der Waals surface area contributed by atoms with Crippen LogP contribution in [0.3, 0.4) is 0 Å². The Kier molecular flexibility index (Phi) is 5.50. The Balaban J connectivity index is 1.65. The number of carbonyl (C=O) groups is 2. The number of ketones is 1. The van der Waals surface area contributed by atoms with Crippen molar-refractivity contribution in [3.05, 3.63) is 101 Å². The van der Waals surface area contributed by atoms with Crippen molar-refractivity contribution in [2.45, 2.75) is 45.3 Å². The van der Waals surface area contributed by atoms with Gasteiger partial charge in [-0.2, -0.15) is 0 Å². The van der Waals surface area contributed by atoms with Crippen molar-refractivity contribution in [1.29, 1.82) is 0 Å². The van der Waals surface area contributed by atoms with Crippen LogP contribution in [0, 0.1) is 6.92 Å². The van der Waals surface area contributed by atoms with E-state index in [0.717, 1.165) is 16.7 Å². The van der Waals surface area contributed by atoms with Gasteiger partial charge in [-0.1, -0.05) is 80.6 Å². The summed E-state index contributed by atoms with van der Waals surface area (Å²) < 4.78 is 0. The smallest absolute Gasteiger partial charge is 0.264 e. The Morgan fingerprint density at radius 3 is 2.29 bits per heavy atom. The number of rotatable bonds is 6. The summed E-state index contributed by atoms with van der Waals surface area (Å²) >= 11 is 0. The number of fused-ring (bicyclic) bond motifs is 1. The van der Waals surface area contributed by atoms with Gasteiger partial charge in [-0.3, -0.25) is 9.59 Å². The Morgan fingerprint density at radius 1 is 0.968 bits per heavy atom. The van der Waals surface area contributed by atoms with E-state index in [2.05, 4.69) is 13.8 Å². The summed E-state index contributed by atoms with van der Waals surface area (Å²) in [4.78, 5) is 28.1. The van der Waals surface area contributed by atoms with E-state index in [1.165, 1.54) is 0 Å². The van der Waals surface area contributed by atoms with Crippen LogP contribution in [0.4, 0.5) is 5.69 Å². The first-order valence-corrected chi connectivity index (χ1v) is 10.6. The largest absolute Gasteiger partial charge is 0.375 e. The highest BCUT2D eigenvalue weighted by molar-refractivity contribution is 6.10. The fraction of sp³-hybridized carbons (Fsp3) is 0.259. The van der Waals surface area contributed by atoms with Crippen LogP contribution in [-0.4, -0.2) is 16.8 Å². The molecule has 4 rings (SSSR count). The van der Waals surface area contributed by atoms with Crippen LogP contribution in [0.5, 0.6) is 0 Å². The highest BCUT2D eigenvalue weighted by Gasteiger charge is 2.50. The zero-order valence-corrected chi connectivity index (χ0v) is 18.1. The average molecular weight is 414 g/mol. The summed E-state index contributed by atoms with van der Waals surface area (Å²) in [5.74, 6) is -0.338. The number of nitrogens with zero attached hydrogens (tertiary/aromatic N) is 1. The highest BCUT2D eigenvalue weighted by atomic mass is 16.3. The molecule has 0 radical (unpaired) electrons. The molecule has 0 saturated carbocycles. The van der Waals surface area contributed by atoms with Crippen LogP contribution in [-0.2, 0) is 16.9 Å². The van der Waals surface area contributed by atoms with Crippen LogP contribution >= 0.6 is 0 Å². The molecule has 4 nitrogen and oxygen atoms in total. The predicted molar refractivity (Wildman–Crippen MR) is 122 cm³/mol. The first-order chi connectivity index (χ1) is 14.8. The van der Waals surface area contributed by atoms with E-state index in [1.54, 1.807) is 29.2 Å². The van der Waals surface area contributed by atoms with E-state index in [0.29, 0.717) is 29.3 Å². The van der Waals surface area contributed by atoms with Gasteiger partial charge in [0.15, 0.2) is 11.4 Å². The zero-order valence-electron chi connectivity index (χ0n) is 18.1. The third kappa shape index (κ3) is 3.79. The minimum absolute atomic E-state index is 0.251. The lowest BCUT2D eigenvalue weighted by Gasteiger charge is -2.23. The van der Waals surface area contributed by atoms with E-state index >= 15 is 0 Å². The number of aliphatic hydroxyl groups is 1. The molecule has 0 saturated heterocycles. The molecule has 158 valence electrons. The second-order valence-corrected chi connectivity index (χ2v) is 8.57. The maximum absolute atomic E-state index is 13.4. The second-order valence-electron chi connectivity index (χ2n) is 8.57. The van der Waals surface area contributed by atoms with Crippen molar-refractivity contribution in [1.82, 2.24) is 0 Å². The summed E-state index contributed by atoms with van der Waals surface area (Å²) in [5, 5.41) is 11.5. The summed E-state index contributed by atoms with van der Waals surface area (Å²) in [5.41, 5.74) is 2.99.